The summed E-state index contributed by atoms with van der Waals surface area (Å²) in [6.07, 6.45) is 3.25. The van der Waals surface area contributed by atoms with Crippen LogP contribution in [0.4, 0.5) is 10.5 Å². The molecule has 21 heavy (non-hydrogen) atoms. The van der Waals surface area contributed by atoms with Crippen LogP contribution in [0.25, 0.3) is 0 Å². The van der Waals surface area contributed by atoms with E-state index in [2.05, 4.69) is 17.6 Å². The molecule has 2 amide bonds. The van der Waals surface area contributed by atoms with Crippen molar-refractivity contribution in [2.24, 2.45) is 5.92 Å². The van der Waals surface area contributed by atoms with Crippen LogP contribution in [0.3, 0.4) is 0 Å². The molecule has 2 unspecified atom stereocenters. The van der Waals surface area contributed by atoms with Gasteiger partial charge >= 0.3 is 12.0 Å². The first-order chi connectivity index (χ1) is 9.92. The molecular formula is C16H22N2O3. The van der Waals surface area contributed by atoms with Crippen molar-refractivity contribution in [3.63, 3.8) is 0 Å². The predicted octanol–water partition coefficient (Wildman–Crippen LogP) is 3.31. The van der Waals surface area contributed by atoms with E-state index in [1.54, 1.807) is 13.0 Å². The van der Waals surface area contributed by atoms with Crippen molar-refractivity contribution in [1.29, 1.82) is 0 Å². The number of urea groups is 1. The molecule has 5 heteroatoms. The van der Waals surface area contributed by atoms with Crippen molar-refractivity contribution in [3.05, 3.63) is 28.8 Å². The minimum absolute atomic E-state index is 0.128. The summed E-state index contributed by atoms with van der Waals surface area (Å²) in [5, 5.41) is 14.9. The van der Waals surface area contributed by atoms with Gasteiger partial charge in [0.2, 0.25) is 0 Å². The van der Waals surface area contributed by atoms with Crippen LogP contribution in [-0.2, 0) is 0 Å². The number of anilines is 1. The fourth-order valence-corrected chi connectivity index (χ4v) is 2.73. The minimum atomic E-state index is -1.03. The third-order valence-electron chi connectivity index (χ3n) is 3.85. The molecule has 1 aliphatic carbocycles. The quantitative estimate of drug-likeness (QED) is 0.778. The van der Waals surface area contributed by atoms with Crippen LogP contribution in [-0.4, -0.2) is 23.1 Å². The Morgan fingerprint density at radius 2 is 2.05 bits per heavy atom. The summed E-state index contributed by atoms with van der Waals surface area (Å²) in [4.78, 5) is 23.3. The Kier molecular flexibility index (Phi) is 4.50. The number of hydrogen-bond acceptors (Lipinski definition) is 2. The van der Waals surface area contributed by atoms with Crippen LogP contribution in [0, 0.1) is 19.8 Å². The van der Waals surface area contributed by atoms with E-state index in [4.69, 9.17) is 0 Å². The van der Waals surface area contributed by atoms with Gasteiger partial charge in [-0.2, -0.15) is 0 Å². The first-order valence-corrected chi connectivity index (χ1v) is 7.34. The van der Waals surface area contributed by atoms with Gasteiger partial charge in [0.15, 0.2) is 0 Å². The molecular weight excluding hydrogens is 268 g/mol. The molecule has 2 atom stereocenters. The topological polar surface area (TPSA) is 78.4 Å². The fourth-order valence-electron chi connectivity index (χ4n) is 2.73. The molecule has 5 nitrogen and oxygen atoms in total. The van der Waals surface area contributed by atoms with E-state index in [1.165, 1.54) is 0 Å². The van der Waals surface area contributed by atoms with Gasteiger partial charge in [0.1, 0.15) is 0 Å². The Morgan fingerprint density at radius 3 is 2.67 bits per heavy atom. The Bertz CT molecular complexity index is 569. The smallest absolute Gasteiger partial charge is 0.337 e. The molecule has 0 spiro atoms. The van der Waals surface area contributed by atoms with Gasteiger partial charge < -0.3 is 15.7 Å². The Balaban J connectivity index is 2.06. The molecule has 1 aromatic rings. The molecule has 1 saturated carbocycles. The number of carbonyl (C=O) groups excluding carboxylic acids is 1. The summed E-state index contributed by atoms with van der Waals surface area (Å²) in [6.45, 7) is 5.76. The standard InChI is InChI=1S/C16H22N2O3/c1-4-5-11-8-13(11)17-16(21)18-14-10(3)6-9(2)7-12(14)15(19)20/h6-7,11,13H,4-5,8H2,1-3H3,(H,19,20)(H2,17,18,21). The number of nitrogens with one attached hydrogen (secondary N) is 2. The second-order valence-electron chi connectivity index (χ2n) is 5.80. The molecule has 0 saturated heterocycles. The number of benzene rings is 1. The zero-order chi connectivity index (χ0) is 15.6. The molecule has 1 aromatic carbocycles. The van der Waals surface area contributed by atoms with Gasteiger partial charge in [0.25, 0.3) is 0 Å². The number of hydrogen-bond donors (Lipinski definition) is 3. The number of aryl methyl sites for hydroxylation is 2. The van der Waals surface area contributed by atoms with E-state index in [1.807, 2.05) is 13.0 Å². The molecule has 0 aromatic heterocycles. The minimum Gasteiger partial charge on any atom is -0.478 e. The summed E-state index contributed by atoms with van der Waals surface area (Å²) < 4.78 is 0. The van der Waals surface area contributed by atoms with Gasteiger partial charge in [0, 0.05) is 6.04 Å². The molecule has 0 aliphatic heterocycles. The van der Waals surface area contributed by atoms with Crippen LogP contribution in [0.1, 0.15) is 47.7 Å². The number of amides is 2. The zero-order valence-electron chi connectivity index (χ0n) is 12.7. The van der Waals surface area contributed by atoms with Gasteiger partial charge in [-0.15, -0.1) is 0 Å². The molecule has 0 radical (unpaired) electrons. The van der Waals surface area contributed by atoms with Crippen LogP contribution < -0.4 is 10.6 Å². The third kappa shape index (κ3) is 3.74. The molecule has 3 N–H and O–H groups in total. The van der Waals surface area contributed by atoms with E-state index in [-0.39, 0.29) is 17.6 Å². The maximum Gasteiger partial charge on any atom is 0.337 e. The first-order valence-electron chi connectivity index (χ1n) is 7.34. The Hall–Kier alpha value is -2.04. The SMILES string of the molecule is CCCC1CC1NC(=O)Nc1c(C)cc(C)cc1C(=O)O. The molecule has 1 fully saturated rings. The lowest BCUT2D eigenvalue weighted by atomic mass is 10.0. The highest BCUT2D eigenvalue weighted by molar-refractivity contribution is 6.01. The fraction of sp³-hybridized carbons (Fsp3) is 0.500. The zero-order valence-corrected chi connectivity index (χ0v) is 12.7. The van der Waals surface area contributed by atoms with E-state index < -0.39 is 5.97 Å². The summed E-state index contributed by atoms with van der Waals surface area (Å²) in [5.74, 6) is -0.466. The van der Waals surface area contributed by atoms with Crippen LogP contribution >= 0.6 is 0 Å². The highest BCUT2D eigenvalue weighted by atomic mass is 16.4. The molecule has 0 heterocycles. The van der Waals surface area contributed by atoms with Crippen LogP contribution in [0.15, 0.2) is 12.1 Å². The van der Waals surface area contributed by atoms with Gasteiger partial charge in [-0.1, -0.05) is 19.4 Å². The maximum atomic E-state index is 12.0. The van der Waals surface area contributed by atoms with Crippen LogP contribution in [0.5, 0.6) is 0 Å². The molecule has 2 rings (SSSR count). The van der Waals surface area contributed by atoms with Gasteiger partial charge in [-0.25, -0.2) is 9.59 Å². The summed E-state index contributed by atoms with van der Waals surface area (Å²) >= 11 is 0. The Labute approximate surface area is 124 Å². The lowest BCUT2D eigenvalue weighted by Crippen LogP contribution is -2.32. The predicted molar refractivity (Wildman–Crippen MR) is 81.8 cm³/mol. The Morgan fingerprint density at radius 1 is 1.33 bits per heavy atom. The average molecular weight is 290 g/mol. The molecule has 1 aliphatic rings. The largest absolute Gasteiger partial charge is 0.478 e. The van der Waals surface area contributed by atoms with Crippen molar-refractivity contribution in [2.75, 3.05) is 5.32 Å². The van der Waals surface area contributed by atoms with Gasteiger partial charge in [0.05, 0.1) is 11.3 Å². The highest BCUT2D eigenvalue weighted by Gasteiger charge is 2.37. The van der Waals surface area contributed by atoms with Crippen molar-refractivity contribution in [2.45, 2.75) is 46.1 Å². The molecule has 0 bridgehead atoms. The van der Waals surface area contributed by atoms with Crippen molar-refractivity contribution < 1.29 is 14.7 Å². The molecule has 114 valence electrons. The van der Waals surface area contributed by atoms with Crippen molar-refractivity contribution in [3.8, 4) is 0 Å². The van der Waals surface area contributed by atoms with Gasteiger partial charge in [-0.05, 0) is 49.8 Å². The lowest BCUT2D eigenvalue weighted by Gasteiger charge is -2.13. The number of carboxylic acids is 1. The third-order valence-corrected chi connectivity index (χ3v) is 3.85. The van der Waals surface area contributed by atoms with E-state index in [9.17, 15) is 14.7 Å². The monoisotopic (exact) mass is 290 g/mol. The van der Waals surface area contributed by atoms with Gasteiger partial charge in [-0.3, -0.25) is 0 Å². The number of aromatic carboxylic acids is 1. The van der Waals surface area contributed by atoms with E-state index >= 15 is 0 Å². The summed E-state index contributed by atoms with van der Waals surface area (Å²) in [6, 6.07) is 3.33. The maximum absolute atomic E-state index is 12.0. The number of rotatable bonds is 5. The summed E-state index contributed by atoms with van der Waals surface area (Å²) in [5.41, 5.74) is 2.12. The normalized spacial score (nSPS) is 20.0. The number of carboxylic acid groups (broad SMARTS) is 1. The summed E-state index contributed by atoms with van der Waals surface area (Å²) in [7, 11) is 0. The van der Waals surface area contributed by atoms with Crippen molar-refractivity contribution in [1.82, 2.24) is 5.32 Å². The lowest BCUT2D eigenvalue weighted by molar-refractivity contribution is 0.0698. The number of carbonyl (C=O) groups is 2. The van der Waals surface area contributed by atoms with Crippen molar-refractivity contribution >= 4 is 17.7 Å². The van der Waals surface area contributed by atoms with E-state index in [0.717, 1.165) is 30.4 Å². The van der Waals surface area contributed by atoms with Crippen LogP contribution in [0.2, 0.25) is 0 Å². The average Bonchev–Trinajstić information content (AvgIpc) is 3.10. The second-order valence-corrected chi connectivity index (χ2v) is 5.80. The van der Waals surface area contributed by atoms with E-state index in [0.29, 0.717) is 11.6 Å². The highest BCUT2D eigenvalue weighted by Crippen LogP contribution is 2.34. The second kappa shape index (κ2) is 6.16. The first kappa shape index (κ1) is 15.4.